The summed E-state index contributed by atoms with van der Waals surface area (Å²) in [6.07, 6.45) is 3.36. The zero-order chi connectivity index (χ0) is 16.6. The number of aryl methyl sites for hydroxylation is 2. The highest BCUT2D eigenvalue weighted by atomic mass is 16.1. The highest BCUT2D eigenvalue weighted by molar-refractivity contribution is 5.71. The van der Waals surface area contributed by atoms with E-state index in [2.05, 4.69) is 40.1 Å². The molecule has 0 saturated heterocycles. The molecule has 1 atom stereocenters. The van der Waals surface area contributed by atoms with Gasteiger partial charge >= 0.3 is 0 Å². The summed E-state index contributed by atoms with van der Waals surface area (Å²) in [5, 5.41) is 4.22. The van der Waals surface area contributed by atoms with E-state index in [4.69, 9.17) is 0 Å². The van der Waals surface area contributed by atoms with Gasteiger partial charge in [-0.15, -0.1) is 0 Å². The van der Waals surface area contributed by atoms with Crippen molar-refractivity contribution >= 4 is 11.0 Å². The summed E-state index contributed by atoms with van der Waals surface area (Å²) in [6.45, 7) is 2.61. The van der Waals surface area contributed by atoms with Crippen LogP contribution < -0.4 is 5.56 Å². The van der Waals surface area contributed by atoms with Crippen LogP contribution in [0.1, 0.15) is 17.2 Å². The second-order valence-corrected chi connectivity index (χ2v) is 6.13. The third-order valence-corrected chi connectivity index (χ3v) is 4.03. The van der Waals surface area contributed by atoms with Crippen molar-refractivity contribution in [3.63, 3.8) is 0 Å². The molecule has 2 aromatic heterocycles. The maximum absolute atomic E-state index is 12.6. The fourth-order valence-electron chi connectivity index (χ4n) is 2.80. The molecule has 0 N–H and O–H groups in total. The van der Waals surface area contributed by atoms with Gasteiger partial charge in [0.25, 0.3) is 5.56 Å². The molecule has 2 heterocycles. The Hall–Kier alpha value is -2.47. The number of likely N-dealkylation sites (N-methyl/N-ethyl adjacent to an activating group) is 1. The van der Waals surface area contributed by atoms with Gasteiger partial charge in [0.1, 0.15) is 5.52 Å². The third-order valence-electron chi connectivity index (χ3n) is 4.03. The summed E-state index contributed by atoms with van der Waals surface area (Å²) in [7, 11) is 5.83. The molecule has 0 saturated carbocycles. The Morgan fingerprint density at radius 3 is 2.78 bits per heavy atom. The molecule has 0 fully saturated rings. The molecule has 0 radical (unpaired) electrons. The van der Waals surface area contributed by atoms with E-state index in [0.29, 0.717) is 17.6 Å². The number of benzene rings is 1. The number of aromatic nitrogens is 4. The minimum atomic E-state index is -0.102. The number of hydrogen-bond acceptors (Lipinski definition) is 4. The first-order valence-electron chi connectivity index (χ1n) is 7.57. The second kappa shape index (κ2) is 5.96. The summed E-state index contributed by atoms with van der Waals surface area (Å²) >= 11 is 0. The predicted octanol–water partition coefficient (Wildman–Crippen LogP) is 1.74. The SMILES string of the molecule is Cc1cccc([C@@H](Cn2cnc3cn(C)nc3c2=O)N(C)C)c1. The lowest BCUT2D eigenvalue weighted by atomic mass is 10.0. The fraction of sp³-hybridized carbons (Fsp3) is 0.353. The maximum Gasteiger partial charge on any atom is 0.281 e. The van der Waals surface area contributed by atoms with Gasteiger partial charge in [-0.05, 0) is 26.6 Å². The zero-order valence-corrected chi connectivity index (χ0v) is 13.9. The predicted molar refractivity (Wildman–Crippen MR) is 90.4 cm³/mol. The van der Waals surface area contributed by atoms with E-state index in [1.165, 1.54) is 11.1 Å². The van der Waals surface area contributed by atoms with Crippen molar-refractivity contribution in [1.29, 1.82) is 0 Å². The summed E-state index contributed by atoms with van der Waals surface area (Å²) in [6, 6.07) is 8.46. The molecule has 0 aliphatic carbocycles. The lowest BCUT2D eigenvalue weighted by molar-refractivity contribution is 0.266. The van der Waals surface area contributed by atoms with Crippen molar-refractivity contribution in [1.82, 2.24) is 24.2 Å². The molecule has 0 unspecified atom stereocenters. The molecule has 3 rings (SSSR count). The molecule has 0 aliphatic rings. The molecule has 0 spiro atoms. The van der Waals surface area contributed by atoms with Crippen LogP contribution in [0, 0.1) is 6.92 Å². The van der Waals surface area contributed by atoms with Gasteiger partial charge in [0, 0.05) is 13.6 Å². The topological polar surface area (TPSA) is 56.0 Å². The Bertz CT molecular complexity index is 893. The molecule has 6 nitrogen and oxygen atoms in total. The Kier molecular flexibility index (Phi) is 4.00. The summed E-state index contributed by atoms with van der Waals surface area (Å²) in [5.74, 6) is 0. The zero-order valence-electron chi connectivity index (χ0n) is 13.9. The molecular formula is C17H21N5O. The van der Waals surface area contributed by atoms with Gasteiger partial charge in [-0.1, -0.05) is 29.8 Å². The Balaban J connectivity index is 2.01. The van der Waals surface area contributed by atoms with Gasteiger partial charge in [0.05, 0.1) is 18.6 Å². The van der Waals surface area contributed by atoms with E-state index < -0.39 is 0 Å². The van der Waals surface area contributed by atoms with Crippen molar-refractivity contribution in [2.75, 3.05) is 14.1 Å². The van der Waals surface area contributed by atoms with Gasteiger partial charge in [0.15, 0.2) is 5.52 Å². The third kappa shape index (κ3) is 3.03. The van der Waals surface area contributed by atoms with Crippen LogP contribution >= 0.6 is 0 Å². The maximum atomic E-state index is 12.6. The minimum Gasteiger partial charge on any atom is -0.301 e. The van der Waals surface area contributed by atoms with E-state index >= 15 is 0 Å². The van der Waals surface area contributed by atoms with Crippen LogP contribution in [0.3, 0.4) is 0 Å². The van der Waals surface area contributed by atoms with Crippen LogP contribution in [0.2, 0.25) is 0 Å². The molecule has 23 heavy (non-hydrogen) atoms. The van der Waals surface area contributed by atoms with Crippen molar-refractivity contribution in [2.45, 2.75) is 19.5 Å². The normalized spacial score (nSPS) is 12.9. The van der Waals surface area contributed by atoms with Gasteiger partial charge in [0.2, 0.25) is 0 Å². The van der Waals surface area contributed by atoms with Crippen LogP contribution in [0.4, 0.5) is 0 Å². The first kappa shape index (κ1) is 15.4. The largest absolute Gasteiger partial charge is 0.301 e. The lowest BCUT2D eigenvalue weighted by Crippen LogP contribution is -2.30. The van der Waals surface area contributed by atoms with Crippen LogP contribution in [0.15, 0.2) is 41.6 Å². The van der Waals surface area contributed by atoms with E-state index in [1.807, 2.05) is 20.2 Å². The number of nitrogens with zero attached hydrogens (tertiary/aromatic N) is 5. The average molecular weight is 311 g/mol. The standard InChI is InChI=1S/C17H21N5O/c1-12-6-5-7-13(8-12)15(20(2)3)10-22-11-18-14-9-21(4)19-16(14)17(22)23/h5-9,11,15H,10H2,1-4H3/t15-/m1/s1. The van der Waals surface area contributed by atoms with E-state index in [9.17, 15) is 4.79 Å². The fourth-order valence-corrected chi connectivity index (χ4v) is 2.80. The molecule has 0 amide bonds. The van der Waals surface area contributed by atoms with E-state index in [1.54, 1.807) is 28.8 Å². The quantitative estimate of drug-likeness (QED) is 0.736. The molecular weight excluding hydrogens is 290 g/mol. The molecule has 1 aromatic carbocycles. The molecule has 0 bridgehead atoms. The second-order valence-electron chi connectivity index (χ2n) is 6.13. The minimum absolute atomic E-state index is 0.0931. The summed E-state index contributed by atoms with van der Waals surface area (Å²) in [5.41, 5.74) is 3.33. The molecule has 6 heteroatoms. The Morgan fingerprint density at radius 2 is 2.09 bits per heavy atom. The highest BCUT2D eigenvalue weighted by Gasteiger charge is 2.17. The van der Waals surface area contributed by atoms with Crippen molar-refractivity contribution < 1.29 is 0 Å². The average Bonchev–Trinajstić information content (AvgIpc) is 2.88. The van der Waals surface area contributed by atoms with Crippen molar-refractivity contribution in [2.24, 2.45) is 7.05 Å². The van der Waals surface area contributed by atoms with Crippen LogP contribution in [0.25, 0.3) is 11.0 Å². The summed E-state index contributed by atoms with van der Waals surface area (Å²) in [4.78, 5) is 19.1. The monoisotopic (exact) mass is 311 g/mol. The number of fused-ring (bicyclic) bond motifs is 1. The van der Waals surface area contributed by atoms with E-state index in [-0.39, 0.29) is 11.6 Å². The number of rotatable bonds is 4. The van der Waals surface area contributed by atoms with Crippen LogP contribution in [0.5, 0.6) is 0 Å². The van der Waals surface area contributed by atoms with Gasteiger partial charge in [-0.3, -0.25) is 14.0 Å². The molecule has 120 valence electrons. The first-order valence-corrected chi connectivity index (χ1v) is 7.57. The summed E-state index contributed by atoms with van der Waals surface area (Å²) < 4.78 is 3.26. The van der Waals surface area contributed by atoms with Crippen LogP contribution in [-0.4, -0.2) is 38.3 Å². The first-order chi connectivity index (χ1) is 11.0. The van der Waals surface area contributed by atoms with Crippen molar-refractivity contribution in [3.8, 4) is 0 Å². The Labute approximate surface area is 135 Å². The van der Waals surface area contributed by atoms with Crippen molar-refractivity contribution in [3.05, 3.63) is 58.3 Å². The smallest absolute Gasteiger partial charge is 0.281 e. The highest BCUT2D eigenvalue weighted by Crippen LogP contribution is 2.21. The Morgan fingerprint density at radius 1 is 1.30 bits per heavy atom. The lowest BCUT2D eigenvalue weighted by Gasteiger charge is -2.25. The van der Waals surface area contributed by atoms with E-state index in [0.717, 1.165) is 0 Å². The van der Waals surface area contributed by atoms with Gasteiger partial charge in [-0.2, -0.15) is 5.10 Å². The molecule has 0 aliphatic heterocycles. The number of hydrogen-bond donors (Lipinski definition) is 0. The van der Waals surface area contributed by atoms with Crippen LogP contribution in [-0.2, 0) is 13.6 Å². The molecule has 3 aromatic rings. The van der Waals surface area contributed by atoms with Gasteiger partial charge < -0.3 is 4.90 Å². The van der Waals surface area contributed by atoms with Gasteiger partial charge in [-0.25, -0.2) is 4.98 Å².